The third kappa shape index (κ3) is 3.01. The first-order valence-electron chi connectivity index (χ1n) is 3.51. The van der Waals surface area contributed by atoms with Crippen LogP contribution in [0, 0.1) is 5.41 Å². The number of aliphatic imine (C=N–C) groups is 1. The van der Waals surface area contributed by atoms with E-state index in [-0.39, 0.29) is 0 Å². The fraction of sp³-hybridized carbons (Fsp3) is 0.250. The summed E-state index contributed by atoms with van der Waals surface area (Å²) in [6, 6.07) is 0. The molecule has 12 heavy (non-hydrogen) atoms. The molecule has 0 saturated carbocycles. The number of nitrogens with two attached hydrogens (primary N) is 1. The molecule has 0 spiro atoms. The van der Waals surface area contributed by atoms with E-state index >= 15 is 0 Å². The van der Waals surface area contributed by atoms with E-state index in [4.69, 9.17) is 11.1 Å². The number of nitrogens with one attached hydrogen (secondary N) is 2. The second kappa shape index (κ2) is 5.12. The first-order valence-corrected chi connectivity index (χ1v) is 3.51. The first-order chi connectivity index (χ1) is 5.63. The minimum atomic E-state index is 0.540. The SMILES string of the molecule is C=CN/C(C)=C(\N)C(C)=NC=N. The van der Waals surface area contributed by atoms with Crippen molar-refractivity contribution in [2.75, 3.05) is 0 Å². The second-order valence-corrected chi connectivity index (χ2v) is 2.23. The Morgan fingerprint density at radius 3 is 2.58 bits per heavy atom. The van der Waals surface area contributed by atoms with Gasteiger partial charge >= 0.3 is 0 Å². The van der Waals surface area contributed by atoms with E-state index in [1.807, 2.05) is 6.92 Å². The topological polar surface area (TPSA) is 74.3 Å². The average molecular weight is 166 g/mol. The maximum Gasteiger partial charge on any atom is 0.107 e. The van der Waals surface area contributed by atoms with Gasteiger partial charge < -0.3 is 11.1 Å². The highest BCUT2D eigenvalue weighted by molar-refractivity contribution is 6.01. The van der Waals surface area contributed by atoms with Gasteiger partial charge in [-0.05, 0) is 20.0 Å². The molecule has 0 amide bonds. The minimum Gasteiger partial charge on any atom is -0.396 e. The molecule has 4 N–H and O–H groups in total. The summed E-state index contributed by atoms with van der Waals surface area (Å²) in [5.74, 6) is 0. The third-order valence-electron chi connectivity index (χ3n) is 1.37. The predicted molar refractivity (Wildman–Crippen MR) is 52.1 cm³/mol. The lowest BCUT2D eigenvalue weighted by Gasteiger charge is -2.05. The highest BCUT2D eigenvalue weighted by atomic mass is 14.9. The van der Waals surface area contributed by atoms with Gasteiger partial charge in [0.2, 0.25) is 0 Å². The molecule has 0 aromatic heterocycles. The molecule has 0 atom stereocenters. The van der Waals surface area contributed by atoms with Crippen molar-refractivity contribution in [3.63, 3.8) is 0 Å². The van der Waals surface area contributed by atoms with Gasteiger partial charge in [-0.15, -0.1) is 0 Å². The molecule has 4 nitrogen and oxygen atoms in total. The van der Waals surface area contributed by atoms with Crippen LogP contribution in [0.2, 0.25) is 0 Å². The zero-order valence-corrected chi connectivity index (χ0v) is 7.39. The van der Waals surface area contributed by atoms with Crippen LogP contribution in [0.3, 0.4) is 0 Å². The van der Waals surface area contributed by atoms with Crippen LogP contribution in [0.4, 0.5) is 0 Å². The van der Waals surface area contributed by atoms with Gasteiger partial charge in [-0.3, -0.25) is 5.41 Å². The van der Waals surface area contributed by atoms with Crippen LogP contribution in [-0.4, -0.2) is 12.1 Å². The summed E-state index contributed by atoms with van der Waals surface area (Å²) in [6.07, 6.45) is 2.50. The van der Waals surface area contributed by atoms with Crippen molar-refractivity contribution in [2.45, 2.75) is 13.8 Å². The van der Waals surface area contributed by atoms with Gasteiger partial charge in [-0.25, -0.2) is 4.99 Å². The van der Waals surface area contributed by atoms with E-state index in [1.54, 1.807) is 13.1 Å². The Labute approximate surface area is 72.4 Å². The van der Waals surface area contributed by atoms with Gasteiger partial charge in [0.15, 0.2) is 0 Å². The molecule has 0 aromatic rings. The van der Waals surface area contributed by atoms with Crippen molar-refractivity contribution < 1.29 is 0 Å². The molecular formula is C8H14N4. The van der Waals surface area contributed by atoms with Crippen molar-refractivity contribution in [3.8, 4) is 0 Å². The molecular weight excluding hydrogens is 152 g/mol. The lowest BCUT2D eigenvalue weighted by Crippen LogP contribution is -2.16. The second-order valence-electron chi connectivity index (χ2n) is 2.23. The monoisotopic (exact) mass is 166 g/mol. The molecule has 0 rings (SSSR count). The van der Waals surface area contributed by atoms with E-state index in [9.17, 15) is 0 Å². The number of allylic oxidation sites excluding steroid dienone is 2. The molecule has 0 bridgehead atoms. The van der Waals surface area contributed by atoms with E-state index in [0.717, 1.165) is 12.0 Å². The van der Waals surface area contributed by atoms with Gasteiger partial charge in [-0.2, -0.15) is 0 Å². The number of nitrogens with zero attached hydrogens (tertiary/aromatic N) is 1. The molecule has 0 aromatic carbocycles. The Morgan fingerprint density at radius 1 is 1.58 bits per heavy atom. The van der Waals surface area contributed by atoms with Crippen LogP contribution in [0.15, 0.2) is 29.2 Å². The third-order valence-corrected chi connectivity index (χ3v) is 1.37. The van der Waals surface area contributed by atoms with Crippen LogP contribution in [0.1, 0.15) is 13.8 Å². The van der Waals surface area contributed by atoms with Crippen LogP contribution in [-0.2, 0) is 0 Å². The Morgan fingerprint density at radius 2 is 2.17 bits per heavy atom. The summed E-state index contributed by atoms with van der Waals surface area (Å²) >= 11 is 0. The van der Waals surface area contributed by atoms with Crippen molar-refractivity contribution >= 4 is 12.1 Å². The number of rotatable bonds is 4. The molecule has 0 heterocycles. The van der Waals surface area contributed by atoms with E-state index in [2.05, 4.69) is 16.9 Å². The van der Waals surface area contributed by atoms with Gasteiger partial charge in [-0.1, -0.05) is 6.58 Å². The first kappa shape index (κ1) is 10.4. The van der Waals surface area contributed by atoms with Gasteiger partial charge in [0, 0.05) is 5.70 Å². The van der Waals surface area contributed by atoms with Crippen molar-refractivity contribution in [1.82, 2.24) is 5.32 Å². The lowest BCUT2D eigenvalue weighted by molar-refractivity contribution is 1.03. The van der Waals surface area contributed by atoms with E-state index < -0.39 is 0 Å². The van der Waals surface area contributed by atoms with Crippen molar-refractivity contribution in [3.05, 3.63) is 24.2 Å². The highest BCUT2D eigenvalue weighted by Gasteiger charge is 1.98. The Balaban J connectivity index is 4.63. The van der Waals surface area contributed by atoms with E-state index in [1.165, 1.54) is 0 Å². The zero-order chi connectivity index (χ0) is 9.56. The summed E-state index contributed by atoms with van der Waals surface area (Å²) in [4.78, 5) is 3.73. The Bertz CT molecular complexity index is 237. The summed E-state index contributed by atoms with van der Waals surface area (Å²) < 4.78 is 0. The molecule has 4 heteroatoms. The molecule has 0 saturated heterocycles. The normalized spacial score (nSPS) is 13.3. The predicted octanol–water partition coefficient (Wildman–Crippen LogP) is 0.978. The number of hydrogen-bond acceptors (Lipinski definition) is 3. The van der Waals surface area contributed by atoms with Gasteiger partial charge in [0.25, 0.3) is 0 Å². The summed E-state index contributed by atoms with van der Waals surface area (Å²) in [6.45, 7) is 7.07. The number of hydrogen-bond donors (Lipinski definition) is 3. The van der Waals surface area contributed by atoms with Gasteiger partial charge in [0.1, 0.15) is 6.34 Å². The summed E-state index contributed by atoms with van der Waals surface area (Å²) in [7, 11) is 0. The summed E-state index contributed by atoms with van der Waals surface area (Å²) in [5, 5.41) is 9.59. The average Bonchev–Trinajstić information content (AvgIpc) is 2.04. The zero-order valence-electron chi connectivity index (χ0n) is 7.39. The molecule has 0 aliphatic carbocycles. The maximum absolute atomic E-state index is 6.74. The van der Waals surface area contributed by atoms with E-state index in [0.29, 0.717) is 11.4 Å². The molecule has 0 unspecified atom stereocenters. The van der Waals surface area contributed by atoms with Crippen LogP contribution >= 0.6 is 0 Å². The maximum atomic E-state index is 6.74. The highest BCUT2D eigenvalue weighted by Crippen LogP contribution is 1.96. The Hall–Kier alpha value is -1.58. The molecule has 0 fully saturated rings. The minimum absolute atomic E-state index is 0.540. The molecule has 0 aliphatic heterocycles. The lowest BCUT2D eigenvalue weighted by atomic mass is 10.2. The molecule has 0 aliphatic rings. The van der Waals surface area contributed by atoms with Crippen LogP contribution < -0.4 is 11.1 Å². The van der Waals surface area contributed by atoms with Crippen LogP contribution in [0.5, 0.6) is 0 Å². The quantitative estimate of drug-likeness (QED) is 0.430. The fourth-order valence-electron chi connectivity index (χ4n) is 0.669. The molecule has 66 valence electrons. The Kier molecular flexibility index (Phi) is 4.45. The largest absolute Gasteiger partial charge is 0.396 e. The summed E-state index contributed by atoms with van der Waals surface area (Å²) in [5.41, 5.74) is 7.62. The smallest absolute Gasteiger partial charge is 0.107 e. The standard InChI is InChI=1S/C8H14N4/c1-4-11-6(2)8(10)7(3)12-5-9/h4-5,9,11H,1,10H2,2-3H3/b8-6-,9-5?,12-7?. The van der Waals surface area contributed by atoms with Crippen LogP contribution in [0.25, 0.3) is 0 Å². The van der Waals surface area contributed by atoms with Crippen molar-refractivity contribution in [2.24, 2.45) is 10.7 Å². The van der Waals surface area contributed by atoms with Crippen molar-refractivity contribution in [1.29, 1.82) is 5.41 Å². The molecule has 0 radical (unpaired) electrons. The van der Waals surface area contributed by atoms with Gasteiger partial charge in [0.05, 0.1) is 11.4 Å². The fourth-order valence-corrected chi connectivity index (χ4v) is 0.669.